The highest BCUT2D eigenvalue weighted by Crippen LogP contribution is 2.12. The van der Waals surface area contributed by atoms with Crippen molar-refractivity contribution in [2.75, 3.05) is 13.1 Å². The van der Waals surface area contributed by atoms with Gasteiger partial charge in [-0.2, -0.15) is 0 Å². The molecule has 0 saturated carbocycles. The van der Waals surface area contributed by atoms with Crippen LogP contribution in [0.3, 0.4) is 0 Å². The average molecular weight is 170 g/mol. The first-order valence-electron chi connectivity index (χ1n) is 4.31. The van der Waals surface area contributed by atoms with Crippen LogP contribution < -0.4 is 0 Å². The molecule has 1 aliphatic rings. The Morgan fingerprint density at radius 1 is 1.00 bits per heavy atom. The van der Waals surface area contributed by atoms with Gasteiger partial charge in [-0.25, -0.2) is 0 Å². The van der Waals surface area contributed by atoms with E-state index in [1.807, 2.05) is 13.8 Å². The van der Waals surface area contributed by atoms with E-state index >= 15 is 0 Å². The van der Waals surface area contributed by atoms with Gasteiger partial charge >= 0.3 is 0 Å². The molecule has 0 aliphatic carbocycles. The van der Waals surface area contributed by atoms with Crippen LogP contribution in [-0.4, -0.2) is 34.9 Å². The Kier molecular flexibility index (Phi) is 2.68. The van der Waals surface area contributed by atoms with Gasteiger partial charge in [-0.05, 0) is 13.8 Å². The average Bonchev–Trinajstić information content (AvgIpc) is 2.08. The summed E-state index contributed by atoms with van der Waals surface area (Å²) in [6.07, 6.45) is 0.729. The Balaban J connectivity index is 2.74. The number of hydrazine groups is 1. The van der Waals surface area contributed by atoms with Crippen molar-refractivity contribution in [1.29, 1.82) is 0 Å². The Hall–Kier alpha value is -1.06. The topological polar surface area (TPSA) is 40.6 Å². The second-order valence-corrected chi connectivity index (χ2v) is 2.72. The van der Waals surface area contributed by atoms with E-state index in [-0.39, 0.29) is 11.8 Å². The minimum Gasteiger partial charge on any atom is -0.273 e. The smallest absolute Gasteiger partial charge is 0.241 e. The Labute approximate surface area is 72.1 Å². The van der Waals surface area contributed by atoms with Crippen molar-refractivity contribution in [2.45, 2.75) is 26.7 Å². The molecular weight excluding hydrogens is 156 g/mol. The molecule has 0 aromatic heterocycles. The minimum absolute atomic E-state index is 0.0546. The van der Waals surface area contributed by atoms with Gasteiger partial charge < -0.3 is 0 Å². The zero-order valence-corrected chi connectivity index (χ0v) is 7.54. The van der Waals surface area contributed by atoms with Gasteiger partial charge in [0.05, 0.1) is 0 Å². The second-order valence-electron chi connectivity index (χ2n) is 2.72. The third-order valence-electron chi connectivity index (χ3n) is 2.02. The Bertz CT molecular complexity index is 181. The lowest BCUT2D eigenvalue weighted by atomic mass is 10.2. The molecule has 4 nitrogen and oxygen atoms in total. The summed E-state index contributed by atoms with van der Waals surface area (Å²) in [6, 6.07) is 0. The van der Waals surface area contributed by atoms with E-state index in [1.54, 1.807) is 0 Å². The maximum Gasteiger partial charge on any atom is 0.241 e. The summed E-state index contributed by atoms with van der Waals surface area (Å²) in [7, 11) is 0. The number of rotatable bonds is 2. The molecule has 0 radical (unpaired) electrons. The van der Waals surface area contributed by atoms with Crippen LogP contribution in [0.5, 0.6) is 0 Å². The fourth-order valence-electron chi connectivity index (χ4n) is 1.44. The predicted octanol–water partition coefficient (Wildman–Crippen LogP) is 0.392. The molecule has 2 amide bonds. The van der Waals surface area contributed by atoms with Crippen molar-refractivity contribution in [1.82, 2.24) is 10.0 Å². The molecule has 1 saturated heterocycles. The summed E-state index contributed by atoms with van der Waals surface area (Å²) in [4.78, 5) is 22.5. The highest BCUT2D eigenvalue weighted by molar-refractivity contribution is 5.89. The summed E-state index contributed by atoms with van der Waals surface area (Å²) in [5, 5.41) is 3.04. The van der Waals surface area contributed by atoms with Crippen LogP contribution in [0.25, 0.3) is 0 Å². The highest BCUT2D eigenvalue weighted by Gasteiger charge is 2.28. The Morgan fingerprint density at radius 3 is 1.58 bits per heavy atom. The lowest BCUT2D eigenvalue weighted by Gasteiger charge is -2.36. The largest absolute Gasteiger partial charge is 0.273 e. The molecule has 0 atom stereocenters. The fourth-order valence-corrected chi connectivity index (χ4v) is 1.44. The van der Waals surface area contributed by atoms with Crippen molar-refractivity contribution in [3.8, 4) is 0 Å². The second kappa shape index (κ2) is 3.56. The number of hydrogen-bond acceptors (Lipinski definition) is 2. The van der Waals surface area contributed by atoms with Crippen molar-refractivity contribution in [3.63, 3.8) is 0 Å². The van der Waals surface area contributed by atoms with Crippen molar-refractivity contribution in [2.24, 2.45) is 0 Å². The summed E-state index contributed by atoms with van der Waals surface area (Å²) in [6.45, 7) is 4.91. The molecule has 0 unspecified atom stereocenters. The SMILES string of the molecule is CCN1C(=O)CCC(=O)N1CC. The maximum absolute atomic E-state index is 11.3. The van der Waals surface area contributed by atoms with E-state index in [1.165, 1.54) is 10.0 Å². The molecule has 0 aromatic rings. The third kappa shape index (κ3) is 1.42. The number of hydrogen-bond donors (Lipinski definition) is 0. The number of nitrogens with zero attached hydrogens (tertiary/aromatic N) is 2. The van der Waals surface area contributed by atoms with Crippen LogP contribution in [0.1, 0.15) is 26.7 Å². The molecule has 0 N–H and O–H groups in total. The molecule has 1 fully saturated rings. The van der Waals surface area contributed by atoms with Crippen LogP contribution in [0.15, 0.2) is 0 Å². The van der Waals surface area contributed by atoms with E-state index in [2.05, 4.69) is 0 Å². The van der Waals surface area contributed by atoms with Gasteiger partial charge in [0.15, 0.2) is 0 Å². The molecule has 1 aliphatic heterocycles. The van der Waals surface area contributed by atoms with Gasteiger partial charge in [0.25, 0.3) is 0 Å². The first-order chi connectivity index (χ1) is 5.70. The van der Waals surface area contributed by atoms with Gasteiger partial charge in [0.1, 0.15) is 0 Å². The molecule has 12 heavy (non-hydrogen) atoms. The van der Waals surface area contributed by atoms with Crippen LogP contribution in [0, 0.1) is 0 Å². The van der Waals surface area contributed by atoms with E-state index in [0.717, 1.165) is 0 Å². The van der Waals surface area contributed by atoms with Gasteiger partial charge in [-0.1, -0.05) is 0 Å². The summed E-state index contributed by atoms with van der Waals surface area (Å²) in [5.74, 6) is 0.109. The van der Waals surface area contributed by atoms with Crippen LogP contribution in [0.4, 0.5) is 0 Å². The lowest BCUT2D eigenvalue weighted by molar-refractivity contribution is -0.169. The summed E-state index contributed by atoms with van der Waals surface area (Å²) < 4.78 is 0. The normalized spacial score (nSPS) is 18.8. The van der Waals surface area contributed by atoms with Crippen LogP contribution >= 0.6 is 0 Å². The molecule has 1 heterocycles. The third-order valence-corrected chi connectivity index (χ3v) is 2.02. The molecule has 68 valence electrons. The molecule has 1 rings (SSSR count). The highest BCUT2D eigenvalue weighted by atomic mass is 16.2. The fraction of sp³-hybridized carbons (Fsp3) is 0.750. The quantitative estimate of drug-likeness (QED) is 0.601. The molecule has 0 bridgehead atoms. The molecule has 0 spiro atoms. The van der Waals surface area contributed by atoms with Gasteiger partial charge in [-0.15, -0.1) is 0 Å². The molecule has 4 heteroatoms. The zero-order valence-electron chi connectivity index (χ0n) is 7.54. The first-order valence-corrected chi connectivity index (χ1v) is 4.31. The van der Waals surface area contributed by atoms with Gasteiger partial charge in [-0.3, -0.25) is 19.6 Å². The Morgan fingerprint density at radius 2 is 1.33 bits per heavy atom. The van der Waals surface area contributed by atoms with Crippen LogP contribution in [0.2, 0.25) is 0 Å². The van der Waals surface area contributed by atoms with E-state index in [0.29, 0.717) is 25.9 Å². The first kappa shape index (κ1) is 9.03. The predicted molar refractivity (Wildman–Crippen MR) is 44.0 cm³/mol. The van der Waals surface area contributed by atoms with Gasteiger partial charge in [0.2, 0.25) is 11.8 Å². The standard InChI is InChI=1S/C8H14N2O2/c1-3-9-7(11)5-6-8(12)10(9)4-2/h3-6H2,1-2H3. The summed E-state index contributed by atoms with van der Waals surface area (Å²) in [5.41, 5.74) is 0. The monoisotopic (exact) mass is 170 g/mol. The van der Waals surface area contributed by atoms with E-state index in [9.17, 15) is 9.59 Å². The van der Waals surface area contributed by atoms with E-state index in [4.69, 9.17) is 0 Å². The van der Waals surface area contributed by atoms with Gasteiger partial charge in [0, 0.05) is 25.9 Å². The van der Waals surface area contributed by atoms with Crippen molar-refractivity contribution < 1.29 is 9.59 Å². The molecule has 0 aromatic carbocycles. The number of carbonyl (C=O) groups is 2. The zero-order chi connectivity index (χ0) is 9.14. The maximum atomic E-state index is 11.3. The van der Waals surface area contributed by atoms with E-state index < -0.39 is 0 Å². The van der Waals surface area contributed by atoms with Crippen LogP contribution in [-0.2, 0) is 9.59 Å². The minimum atomic E-state index is 0.0546. The van der Waals surface area contributed by atoms with Crippen molar-refractivity contribution in [3.05, 3.63) is 0 Å². The van der Waals surface area contributed by atoms with Crippen molar-refractivity contribution >= 4 is 11.8 Å². The lowest BCUT2D eigenvalue weighted by Crippen LogP contribution is -2.53. The summed E-state index contributed by atoms with van der Waals surface area (Å²) >= 11 is 0. The number of amides is 2. The number of carbonyl (C=O) groups excluding carboxylic acids is 2. The molecular formula is C8H14N2O2.